The number of nitro benzene ring substituents is 1. The number of nitro groups is 1. The van der Waals surface area contributed by atoms with E-state index < -0.39 is 4.92 Å². The van der Waals surface area contributed by atoms with E-state index in [0.717, 1.165) is 5.56 Å². The van der Waals surface area contributed by atoms with Gasteiger partial charge in [-0.05, 0) is 24.6 Å². The van der Waals surface area contributed by atoms with Crippen LogP contribution in [-0.2, 0) is 0 Å². The lowest BCUT2D eigenvalue weighted by Gasteiger charge is -2.01. The molecule has 2 aromatic carbocycles. The van der Waals surface area contributed by atoms with E-state index in [1.165, 1.54) is 22.8 Å². The maximum atomic E-state index is 12.5. The molecule has 0 fully saturated rings. The number of carbonyl (C=O) groups is 1. The van der Waals surface area contributed by atoms with Gasteiger partial charge in [-0.2, -0.15) is 0 Å². The van der Waals surface area contributed by atoms with E-state index in [1.54, 1.807) is 19.1 Å². The van der Waals surface area contributed by atoms with Crippen molar-refractivity contribution in [1.82, 2.24) is 9.55 Å². The molecule has 0 unspecified atom stereocenters. The topological polar surface area (TPSA) is 78.0 Å². The molecule has 3 rings (SSSR count). The lowest BCUT2D eigenvalue weighted by molar-refractivity contribution is -0.384. The molecule has 0 saturated carbocycles. The molecular formula is C17H13N3O3. The molecule has 0 radical (unpaired) electrons. The maximum Gasteiger partial charge on any atom is 0.271 e. The van der Waals surface area contributed by atoms with Crippen molar-refractivity contribution in [2.24, 2.45) is 0 Å². The van der Waals surface area contributed by atoms with E-state index >= 15 is 0 Å². The average molecular weight is 307 g/mol. The van der Waals surface area contributed by atoms with Gasteiger partial charge >= 0.3 is 0 Å². The molecule has 0 aliphatic heterocycles. The first-order valence-corrected chi connectivity index (χ1v) is 6.97. The van der Waals surface area contributed by atoms with Gasteiger partial charge in [0.15, 0.2) is 0 Å². The molecule has 0 saturated heterocycles. The van der Waals surface area contributed by atoms with Crippen molar-refractivity contribution in [1.29, 1.82) is 0 Å². The zero-order valence-corrected chi connectivity index (χ0v) is 12.3. The largest absolute Gasteiger partial charge is 0.271 e. The van der Waals surface area contributed by atoms with Crippen LogP contribution in [0.5, 0.6) is 0 Å². The Hall–Kier alpha value is -3.28. The highest BCUT2D eigenvalue weighted by molar-refractivity contribution is 6.00. The van der Waals surface area contributed by atoms with E-state index in [1.807, 2.05) is 30.3 Å². The Morgan fingerprint density at radius 2 is 1.96 bits per heavy atom. The molecule has 6 nitrogen and oxygen atoms in total. The number of benzene rings is 2. The second kappa shape index (κ2) is 5.84. The van der Waals surface area contributed by atoms with Crippen LogP contribution in [0.3, 0.4) is 0 Å². The summed E-state index contributed by atoms with van der Waals surface area (Å²) in [7, 11) is 0. The van der Waals surface area contributed by atoms with Gasteiger partial charge in [-0.1, -0.05) is 30.3 Å². The van der Waals surface area contributed by atoms with Crippen LogP contribution in [0, 0.1) is 17.0 Å². The van der Waals surface area contributed by atoms with Gasteiger partial charge in [0.1, 0.15) is 5.82 Å². The van der Waals surface area contributed by atoms with Crippen LogP contribution < -0.4 is 0 Å². The van der Waals surface area contributed by atoms with Crippen LogP contribution in [0.15, 0.2) is 54.6 Å². The molecule has 1 aromatic heterocycles. The normalized spacial score (nSPS) is 11.2. The number of aryl methyl sites for hydroxylation is 1. The van der Waals surface area contributed by atoms with Crippen LogP contribution in [0.25, 0.3) is 17.1 Å². The standard InChI is InChI=1S/C17H13N3O3/c1-12-18-15-9-8-14(20(22)23)11-16(15)19(12)17(21)10-7-13-5-3-2-4-6-13/h2-11H,1H3/b10-7+. The van der Waals surface area contributed by atoms with Crippen molar-refractivity contribution in [2.45, 2.75) is 6.92 Å². The number of aromatic nitrogens is 2. The Bertz CT molecular complexity index is 927. The summed E-state index contributed by atoms with van der Waals surface area (Å²) in [5, 5.41) is 10.9. The highest BCUT2D eigenvalue weighted by atomic mass is 16.6. The highest BCUT2D eigenvalue weighted by Crippen LogP contribution is 2.22. The maximum absolute atomic E-state index is 12.5. The van der Waals surface area contributed by atoms with Gasteiger partial charge in [-0.25, -0.2) is 4.98 Å². The summed E-state index contributed by atoms with van der Waals surface area (Å²) in [4.78, 5) is 27.2. The first-order valence-electron chi connectivity index (χ1n) is 6.97. The Balaban J connectivity index is 2.02. The molecule has 114 valence electrons. The summed E-state index contributed by atoms with van der Waals surface area (Å²) in [5.74, 6) is 0.192. The molecule has 0 amide bonds. The van der Waals surface area contributed by atoms with Crippen LogP contribution >= 0.6 is 0 Å². The van der Waals surface area contributed by atoms with Gasteiger partial charge in [-0.3, -0.25) is 19.5 Å². The number of nitrogens with zero attached hydrogens (tertiary/aromatic N) is 3. The number of hydrogen-bond acceptors (Lipinski definition) is 4. The van der Waals surface area contributed by atoms with E-state index in [9.17, 15) is 14.9 Å². The minimum Gasteiger partial charge on any atom is -0.269 e. The monoisotopic (exact) mass is 307 g/mol. The lowest BCUT2D eigenvalue weighted by atomic mass is 10.2. The number of non-ortho nitro benzene ring substituents is 1. The molecule has 0 N–H and O–H groups in total. The third-order valence-corrected chi connectivity index (χ3v) is 3.45. The summed E-state index contributed by atoms with van der Waals surface area (Å²) in [6, 6.07) is 13.7. The van der Waals surface area contributed by atoms with Crippen molar-refractivity contribution < 1.29 is 9.72 Å². The first kappa shape index (κ1) is 14.6. The molecule has 0 bridgehead atoms. The fraction of sp³-hybridized carbons (Fsp3) is 0.0588. The van der Waals surface area contributed by atoms with Crippen molar-refractivity contribution >= 4 is 28.7 Å². The van der Waals surface area contributed by atoms with Crippen molar-refractivity contribution in [2.75, 3.05) is 0 Å². The molecule has 0 atom stereocenters. The van der Waals surface area contributed by atoms with Crippen LogP contribution in [0.4, 0.5) is 5.69 Å². The third-order valence-electron chi connectivity index (χ3n) is 3.45. The fourth-order valence-corrected chi connectivity index (χ4v) is 2.38. The summed E-state index contributed by atoms with van der Waals surface area (Å²) in [6.07, 6.45) is 3.13. The Morgan fingerprint density at radius 3 is 2.65 bits per heavy atom. The Morgan fingerprint density at radius 1 is 1.22 bits per heavy atom. The Kier molecular flexibility index (Phi) is 3.72. The van der Waals surface area contributed by atoms with Crippen molar-refractivity contribution in [3.63, 3.8) is 0 Å². The SMILES string of the molecule is Cc1nc2ccc([N+](=O)[O-])cc2n1C(=O)/C=C/c1ccccc1. The smallest absolute Gasteiger partial charge is 0.269 e. The minimum atomic E-state index is -0.490. The molecule has 0 aliphatic rings. The number of hydrogen-bond donors (Lipinski definition) is 0. The quantitative estimate of drug-likeness (QED) is 0.421. The number of imidazole rings is 1. The molecular weight excluding hydrogens is 294 g/mol. The third kappa shape index (κ3) is 2.87. The van der Waals surface area contributed by atoms with Crippen LogP contribution in [-0.4, -0.2) is 20.4 Å². The summed E-state index contributed by atoms with van der Waals surface area (Å²) < 4.78 is 1.38. The molecule has 0 aliphatic carbocycles. The summed E-state index contributed by atoms with van der Waals surface area (Å²) >= 11 is 0. The second-order valence-electron chi connectivity index (χ2n) is 5.01. The van der Waals surface area contributed by atoms with Gasteiger partial charge in [0.2, 0.25) is 0 Å². The van der Waals surface area contributed by atoms with Gasteiger partial charge in [-0.15, -0.1) is 0 Å². The second-order valence-corrected chi connectivity index (χ2v) is 5.01. The zero-order chi connectivity index (χ0) is 16.4. The van der Waals surface area contributed by atoms with Crippen LogP contribution in [0.1, 0.15) is 16.2 Å². The van der Waals surface area contributed by atoms with Crippen molar-refractivity contribution in [3.05, 3.63) is 76.1 Å². The van der Waals surface area contributed by atoms with E-state index in [4.69, 9.17) is 0 Å². The average Bonchev–Trinajstić information content (AvgIpc) is 2.88. The number of allylic oxidation sites excluding steroid dienone is 1. The predicted octanol–water partition coefficient (Wildman–Crippen LogP) is 3.61. The number of fused-ring (bicyclic) bond motifs is 1. The van der Waals surface area contributed by atoms with E-state index in [0.29, 0.717) is 16.9 Å². The lowest BCUT2D eigenvalue weighted by Crippen LogP contribution is -2.09. The fourth-order valence-electron chi connectivity index (χ4n) is 2.38. The van der Waals surface area contributed by atoms with Gasteiger partial charge < -0.3 is 0 Å². The first-order chi connectivity index (χ1) is 11.1. The van der Waals surface area contributed by atoms with Gasteiger partial charge in [0, 0.05) is 18.2 Å². The van der Waals surface area contributed by atoms with Crippen LogP contribution in [0.2, 0.25) is 0 Å². The highest BCUT2D eigenvalue weighted by Gasteiger charge is 2.15. The molecule has 6 heteroatoms. The Labute approximate surface area is 131 Å². The predicted molar refractivity (Wildman–Crippen MR) is 87.2 cm³/mol. The molecule has 0 spiro atoms. The van der Waals surface area contributed by atoms with Gasteiger partial charge in [0.25, 0.3) is 11.6 Å². The summed E-state index contributed by atoms with van der Waals surface area (Å²) in [5.41, 5.74) is 1.81. The molecule has 23 heavy (non-hydrogen) atoms. The zero-order valence-electron chi connectivity index (χ0n) is 12.3. The van der Waals surface area contributed by atoms with E-state index in [-0.39, 0.29) is 11.6 Å². The molecule has 3 aromatic rings. The minimum absolute atomic E-state index is 0.0708. The summed E-state index contributed by atoms with van der Waals surface area (Å²) in [6.45, 7) is 1.69. The van der Waals surface area contributed by atoms with Gasteiger partial charge in [0.05, 0.1) is 16.0 Å². The van der Waals surface area contributed by atoms with E-state index in [2.05, 4.69) is 4.98 Å². The number of rotatable bonds is 3. The molecule has 1 heterocycles. The number of carbonyl (C=O) groups excluding carboxylic acids is 1. The van der Waals surface area contributed by atoms with Crippen molar-refractivity contribution in [3.8, 4) is 0 Å².